The highest BCUT2D eigenvalue weighted by Gasteiger charge is 2.08. The summed E-state index contributed by atoms with van der Waals surface area (Å²) in [6, 6.07) is 0. The fourth-order valence-corrected chi connectivity index (χ4v) is 1.98. The van der Waals surface area contributed by atoms with E-state index in [1.54, 1.807) is 0 Å². The van der Waals surface area contributed by atoms with E-state index in [1.807, 2.05) is 0 Å². The van der Waals surface area contributed by atoms with Crippen LogP contribution in [-0.4, -0.2) is 25.1 Å². The molecule has 0 aromatic heterocycles. The molecule has 20 heavy (non-hydrogen) atoms. The summed E-state index contributed by atoms with van der Waals surface area (Å²) in [6.07, 6.45) is 10.8. The van der Waals surface area contributed by atoms with Crippen molar-refractivity contribution in [3.8, 4) is 0 Å². The molecule has 0 fully saturated rings. The van der Waals surface area contributed by atoms with Gasteiger partial charge in [-0.2, -0.15) is 8.42 Å². The SMILES string of the molecule is CCCCCCCCCC(C)(C)N.CCOS(=O)(=O)O. The smallest absolute Gasteiger partial charge is 0.326 e. The van der Waals surface area contributed by atoms with Gasteiger partial charge < -0.3 is 5.73 Å². The Hall–Kier alpha value is -0.170. The minimum absolute atomic E-state index is 0.0289. The molecule has 0 spiro atoms. The van der Waals surface area contributed by atoms with Crippen LogP contribution in [0.4, 0.5) is 0 Å². The Labute approximate surface area is 125 Å². The van der Waals surface area contributed by atoms with Crippen LogP contribution in [0, 0.1) is 0 Å². The van der Waals surface area contributed by atoms with Gasteiger partial charge in [0.1, 0.15) is 0 Å². The topological polar surface area (TPSA) is 89.6 Å². The van der Waals surface area contributed by atoms with Crippen molar-refractivity contribution in [3.05, 3.63) is 0 Å². The first-order valence-electron chi connectivity index (χ1n) is 7.53. The number of nitrogens with two attached hydrogens (primary N) is 1. The predicted molar refractivity (Wildman–Crippen MR) is 84.1 cm³/mol. The third kappa shape index (κ3) is 26.4. The van der Waals surface area contributed by atoms with Gasteiger partial charge in [-0.15, -0.1) is 0 Å². The molecule has 0 saturated carbocycles. The van der Waals surface area contributed by atoms with Crippen molar-refractivity contribution in [2.24, 2.45) is 5.73 Å². The number of rotatable bonds is 10. The summed E-state index contributed by atoms with van der Waals surface area (Å²) in [7, 11) is -4.17. The fraction of sp³-hybridized carbons (Fsp3) is 1.00. The van der Waals surface area contributed by atoms with Gasteiger partial charge in [-0.1, -0.05) is 51.9 Å². The normalized spacial score (nSPS) is 11.9. The zero-order valence-electron chi connectivity index (χ0n) is 13.5. The molecule has 0 aliphatic rings. The quantitative estimate of drug-likeness (QED) is 0.474. The molecule has 0 saturated heterocycles. The fourth-order valence-electron chi connectivity index (χ4n) is 1.69. The highest BCUT2D eigenvalue weighted by Crippen LogP contribution is 2.13. The Morgan fingerprint density at radius 2 is 1.45 bits per heavy atom. The second kappa shape index (κ2) is 12.6. The van der Waals surface area contributed by atoms with E-state index in [2.05, 4.69) is 25.0 Å². The maximum atomic E-state index is 9.56. The van der Waals surface area contributed by atoms with E-state index in [0.29, 0.717) is 0 Å². The van der Waals surface area contributed by atoms with E-state index >= 15 is 0 Å². The summed E-state index contributed by atoms with van der Waals surface area (Å²) >= 11 is 0. The van der Waals surface area contributed by atoms with Crippen molar-refractivity contribution in [2.75, 3.05) is 6.61 Å². The molecule has 0 atom stereocenters. The predicted octanol–water partition coefficient (Wildman–Crippen LogP) is 3.69. The van der Waals surface area contributed by atoms with Crippen molar-refractivity contribution in [1.82, 2.24) is 0 Å². The lowest BCUT2D eigenvalue weighted by atomic mass is 9.97. The molecule has 0 aliphatic carbocycles. The molecular weight excluding hydrogens is 278 g/mol. The molecule has 0 aromatic rings. The molecule has 0 aliphatic heterocycles. The van der Waals surface area contributed by atoms with Gasteiger partial charge in [0.2, 0.25) is 0 Å². The first kappa shape index (κ1) is 22.1. The first-order chi connectivity index (χ1) is 9.12. The van der Waals surface area contributed by atoms with Gasteiger partial charge in [0.25, 0.3) is 0 Å². The number of unbranched alkanes of at least 4 members (excludes halogenated alkanes) is 6. The van der Waals surface area contributed by atoms with Crippen LogP contribution in [0.15, 0.2) is 0 Å². The Kier molecular flexibility index (Phi) is 13.9. The van der Waals surface area contributed by atoms with Crippen LogP contribution in [-0.2, 0) is 14.6 Å². The second-order valence-corrected chi connectivity index (χ2v) is 6.79. The summed E-state index contributed by atoms with van der Waals surface area (Å²) < 4.78 is 30.7. The van der Waals surface area contributed by atoms with Gasteiger partial charge in [0, 0.05) is 5.54 Å². The minimum Gasteiger partial charge on any atom is -0.326 e. The lowest BCUT2D eigenvalue weighted by molar-refractivity contribution is 0.283. The first-order valence-corrected chi connectivity index (χ1v) is 8.89. The van der Waals surface area contributed by atoms with Crippen LogP contribution < -0.4 is 5.73 Å². The van der Waals surface area contributed by atoms with Crippen LogP contribution in [0.2, 0.25) is 0 Å². The highest BCUT2D eigenvalue weighted by molar-refractivity contribution is 7.80. The van der Waals surface area contributed by atoms with Gasteiger partial charge in [-0.05, 0) is 27.2 Å². The van der Waals surface area contributed by atoms with E-state index in [9.17, 15) is 8.42 Å². The maximum Gasteiger partial charge on any atom is 0.397 e. The maximum absolute atomic E-state index is 9.56. The molecule has 0 aromatic carbocycles. The van der Waals surface area contributed by atoms with Gasteiger partial charge in [0.15, 0.2) is 0 Å². The average Bonchev–Trinajstić information content (AvgIpc) is 2.25. The zero-order valence-corrected chi connectivity index (χ0v) is 14.3. The van der Waals surface area contributed by atoms with Gasteiger partial charge in [-0.3, -0.25) is 4.55 Å². The summed E-state index contributed by atoms with van der Waals surface area (Å²) in [6.45, 7) is 7.93. The number of hydrogen-bond acceptors (Lipinski definition) is 4. The van der Waals surface area contributed by atoms with Crippen molar-refractivity contribution in [1.29, 1.82) is 0 Å². The van der Waals surface area contributed by atoms with Crippen LogP contribution in [0.1, 0.15) is 79.1 Å². The third-order valence-electron chi connectivity index (χ3n) is 2.69. The molecule has 5 nitrogen and oxygen atoms in total. The molecule has 0 unspecified atom stereocenters. The Bertz CT molecular complexity index is 297. The van der Waals surface area contributed by atoms with Crippen molar-refractivity contribution >= 4 is 10.4 Å². The largest absolute Gasteiger partial charge is 0.397 e. The molecule has 6 heteroatoms. The van der Waals surface area contributed by atoms with Gasteiger partial charge >= 0.3 is 10.4 Å². The lowest BCUT2D eigenvalue weighted by Gasteiger charge is -2.17. The lowest BCUT2D eigenvalue weighted by Crippen LogP contribution is -2.31. The molecule has 0 amide bonds. The Morgan fingerprint density at radius 3 is 1.75 bits per heavy atom. The third-order valence-corrected chi connectivity index (χ3v) is 3.23. The van der Waals surface area contributed by atoms with Crippen molar-refractivity contribution in [3.63, 3.8) is 0 Å². The van der Waals surface area contributed by atoms with Crippen LogP contribution in [0.3, 0.4) is 0 Å². The van der Waals surface area contributed by atoms with Gasteiger partial charge in [0.05, 0.1) is 6.61 Å². The minimum atomic E-state index is -4.17. The molecule has 0 bridgehead atoms. The van der Waals surface area contributed by atoms with E-state index in [4.69, 9.17) is 10.3 Å². The zero-order chi connectivity index (χ0) is 16.1. The molecule has 3 N–H and O–H groups in total. The molecule has 0 radical (unpaired) electrons. The number of hydrogen-bond donors (Lipinski definition) is 2. The van der Waals surface area contributed by atoms with E-state index in [-0.39, 0.29) is 12.1 Å². The van der Waals surface area contributed by atoms with Crippen LogP contribution in [0.25, 0.3) is 0 Å². The van der Waals surface area contributed by atoms with Crippen LogP contribution in [0.5, 0.6) is 0 Å². The Morgan fingerprint density at radius 1 is 1.00 bits per heavy atom. The summed E-state index contributed by atoms with van der Waals surface area (Å²) in [5.74, 6) is 0. The van der Waals surface area contributed by atoms with Gasteiger partial charge in [-0.25, -0.2) is 4.18 Å². The average molecular weight is 311 g/mol. The molecule has 124 valence electrons. The van der Waals surface area contributed by atoms with E-state index in [1.165, 1.54) is 58.3 Å². The van der Waals surface area contributed by atoms with Crippen molar-refractivity contribution in [2.45, 2.75) is 84.6 Å². The van der Waals surface area contributed by atoms with Crippen LogP contribution >= 0.6 is 0 Å². The monoisotopic (exact) mass is 311 g/mol. The molecular formula is C14H33NO4S. The molecule has 0 heterocycles. The standard InChI is InChI=1S/C12H27N.C2H6O4S/c1-4-5-6-7-8-9-10-11-12(2,3)13;1-2-6-7(3,4)5/h4-11,13H2,1-3H3;2H2,1H3,(H,3,4,5). The van der Waals surface area contributed by atoms with E-state index in [0.717, 1.165) is 0 Å². The summed E-state index contributed by atoms with van der Waals surface area (Å²) in [4.78, 5) is 0. The Balaban J connectivity index is 0. The van der Waals surface area contributed by atoms with E-state index < -0.39 is 10.4 Å². The second-order valence-electron chi connectivity index (χ2n) is 5.69. The highest BCUT2D eigenvalue weighted by atomic mass is 32.3. The summed E-state index contributed by atoms with van der Waals surface area (Å²) in [5.41, 5.74) is 5.94. The molecule has 0 rings (SSSR count). The summed E-state index contributed by atoms with van der Waals surface area (Å²) in [5, 5.41) is 0. The van der Waals surface area contributed by atoms with Crippen molar-refractivity contribution < 1.29 is 17.2 Å².